The molecule has 2 aromatic carbocycles. The second-order valence-electron chi connectivity index (χ2n) is 8.92. The van der Waals surface area contributed by atoms with Crippen LogP contribution in [-0.4, -0.2) is 35.7 Å². The quantitative estimate of drug-likeness (QED) is 0.297. The first-order chi connectivity index (χ1) is 13.8. The van der Waals surface area contributed by atoms with Crippen molar-refractivity contribution in [2.75, 3.05) is 7.11 Å². The molecule has 2 unspecified atom stereocenters. The van der Waals surface area contributed by atoms with E-state index in [1.165, 1.54) is 0 Å². The van der Waals surface area contributed by atoms with Gasteiger partial charge in [-0.25, -0.2) is 0 Å². The maximum atomic E-state index is 6.46. The Morgan fingerprint density at radius 2 is 1.55 bits per heavy atom. The summed E-state index contributed by atoms with van der Waals surface area (Å²) in [6.45, 7) is 10.8. The molecule has 0 amide bonds. The van der Waals surface area contributed by atoms with Crippen molar-refractivity contribution in [3.8, 4) is 11.5 Å². The van der Waals surface area contributed by atoms with E-state index in [4.69, 9.17) is 50.0 Å². The molecule has 0 bridgehead atoms. The van der Waals surface area contributed by atoms with Crippen LogP contribution in [0.4, 0.5) is 0 Å². The molecule has 2 aromatic rings. The Kier molecular flexibility index (Phi) is 10.0. The molecule has 0 saturated carbocycles. The van der Waals surface area contributed by atoms with Crippen molar-refractivity contribution >= 4 is 59.0 Å². The minimum absolute atomic E-state index is 0. The zero-order valence-electron chi connectivity index (χ0n) is 18.6. The van der Waals surface area contributed by atoms with Gasteiger partial charge in [0, 0.05) is 6.42 Å². The Hall–Kier alpha value is -0.696. The van der Waals surface area contributed by atoms with E-state index in [-0.39, 0.29) is 11.0 Å². The first-order valence-electron chi connectivity index (χ1n) is 10.1. The van der Waals surface area contributed by atoms with Crippen LogP contribution in [0.5, 0.6) is 11.5 Å². The normalized spacial score (nSPS) is 14.9. The van der Waals surface area contributed by atoms with Crippen LogP contribution >= 0.6 is 34.8 Å². The molecule has 2 N–H and O–H groups in total. The van der Waals surface area contributed by atoms with Crippen LogP contribution in [0, 0.1) is 0 Å². The van der Waals surface area contributed by atoms with Crippen molar-refractivity contribution < 1.29 is 9.47 Å². The van der Waals surface area contributed by atoms with Crippen LogP contribution in [0.15, 0.2) is 42.5 Å². The zero-order chi connectivity index (χ0) is 22.7. The van der Waals surface area contributed by atoms with E-state index in [2.05, 4.69) is 32.6 Å². The number of rotatable bonds is 8. The summed E-state index contributed by atoms with van der Waals surface area (Å²) in [5.74, 6) is 1.14. The summed E-state index contributed by atoms with van der Waals surface area (Å²) >= 11 is 19.4. The number of hydrogen-bond donors (Lipinski definition) is 1. The Balaban J connectivity index is 0.00000480. The molecule has 0 aliphatic heterocycles. The third-order valence-electron chi connectivity index (χ3n) is 5.01. The van der Waals surface area contributed by atoms with Gasteiger partial charge < -0.3 is 9.47 Å². The average molecular weight is 521 g/mol. The zero-order valence-corrected chi connectivity index (χ0v) is 21.8. The topological polar surface area (TPSA) is 44.5 Å². The number of halogens is 3. The number of benzene rings is 2. The lowest BCUT2D eigenvalue weighted by Gasteiger charge is -2.32. The van der Waals surface area contributed by atoms with E-state index in [1.807, 2.05) is 43.3 Å². The minimum atomic E-state index is -1.78. The summed E-state index contributed by atoms with van der Waals surface area (Å²) in [5.41, 5.74) is 7.48. The Bertz CT molecular complexity index is 847. The maximum Gasteiger partial charge on any atom is 0.201 e. The van der Waals surface area contributed by atoms with Gasteiger partial charge in [-0.3, -0.25) is 5.73 Å². The first kappa shape index (κ1) is 28.3. The number of alkyl halides is 3. The van der Waals surface area contributed by atoms with Crippen molar-refractivity contribution in [1.29, 1.82) is 0 Å². The molecule has 0 aliphatic carbocycles. The number of methoxy groups -OCH3 is 1. The van der Waals surface area contributed by atoms with Gasteiger partial charge >= 0.3 is 0 Å². The smallest absolute Gasteiger partial charge is 0.201 e. The van der Waals surface area contributed by atoms with Crippen molar-refractivity contribution in [2.45, 2.75) is 61.8 Å². The second-order valence-corrected chi connectivity index (χ2v) is 16.3. The third kappa shape index (κ3) is 7.69. The lowest BCUT2D eigenvalue weighted by atomic mass is 9.92. The lowest BCUT2D eigenvalue weighted by Crippen LogP contribution is -2.46. The molecule has 31 heavy (non-hydrogen) atoms. The summed E-state index contributed by atoms with van der Waals surface area (Å²) in [4.78, 5) is 0. The van der Waals surface area contributed by atoms with Gasteiger partial charge in [0.2, 0.25) is 3.79 Å². The lowest BCUT2D eigenvalue weighted by molar-refractivity contribution is 0.0866. The minimum Gasteiger partial charge on any atom is -0.497 e. The van der Waals surface area contributed by atoms with Crippen LogP contribution in [0.1, 0.15) is 43.7 Å². The van der Waals surface area contributed by atoms with Crippen LogP contribution in [0.25, 0.3) is 0 Å². The number of hydrogen-bond acceptors (Lipinski definition) is 3. The molecule has 0 aliphatic rings. The van der Waals surface area contributed by atoms with Gasteiger partial charge in [0.1, 0.15) is 11.5 Å². The van der Waals surface area contributed by atoms with Gasteiger partial charge in [-0.2, -0.15) is 0 Å². The molecule has 0 fully saturated rings. The van der Waals surface area contributed by atoms with Gasteiger partial charge in [0.05, 0.1) is 21.1 Å². The van der Waals surface area contributed by atoms with E-state index in [0.717, 1.165) is 40.7 Å². The largest absolute Gasteiger partial charge is 0.497 e. The maximum absolute atomic E-state index is 6.46. The second kappa shape index (κ2) is 10.9. The van der Waals surface area contributed by atoms with E-state index in [1.54, 1.807) is 7.11 Å². The van der Waals surface area contributed by atoms with Gasteiger partial charge in [0.25, 0.3) is 0 Å². The summed E-state index contributed by atoms with van der Waals surface area (Å²) in [6, 6.07) is 13.7. The average Bonchev–Trinajstić information content (AvgIpc) is 2.61. The van der Waals surface area contributed by atoms with Crippen molar-refractivity contribution in [3.05, 3.63) is 53.6 Å². The van der Waals surface area contributed by atoms with Crippen molar-refractivity contribution in [1.82, 2.24) is 0 Å². The van der Waals surface area contributed by atoms with Gasteiger partial charge in [-0.15, -0.1) is 0 Å². The fraction of sp³-hybridized carbons (Fsp3) is 0.478. The van der Waals surface area contributed by atoms with Crippen molar-refractivity contribution in [3.63, 3.8) is 0 Å². The van der Waals surface area contributed by atoms with Crippen LogP contribution in [0.3, 0.4) is 0 Å². The summed E-state index contributed by atoms with van der Waals surface area (Å²) in [6.07, 6.45) is 1.71. The highest BCUT2D eigenvalue weighted by Crippen LogP contribution is 2.46. The number of ether oxygens (including phenoxy) is 2. The molecule has 0 saturated heterocycles. The molecule has 3 nitrogen and oxygen atoms in total. The van der Waals surface area contributed by atoms with Gasteiger partial charge in [0.15, 0.2) is 5.72 Å². The molecule has 8 heteroatoms. The van der Waals surface area contributed by atoms with Crippen LogP contribution in [0.2, 0.25) is 19.6 Å². The fourth-order valence-corrected chi connectivity index (χ4v) is 5.80. The van der Waals surface area contributed by atoms with Crippen LogP contribution < -0.4 is 20.4 Å². The van der Waals surface area contributed by atoms with E-state index in [9.17, 15) is 0 Å². The first-order valence-corrected chi connectivity index (χ1v) is 14.7. The molecule has 0 heterocycles. The highest BCUT2D eigenvalue weighted by molar-refractivity contribution is 6.89. The molecule has 2 rings (SSSR count). The van der Waals surface area contributed by atoms with Crippen molar-refractivity contribution in [2.24, 2.45) is 5.73 Å². The molecule has 174 valence electrons. The van der Waals surface area contributed by atoms with E-state index < -0.39 is 23.5 Å². The Labute approximate surface area is 207 Å². The number of nitrogens with two attached hydrogens (primary N) is 1. The predicted molar refractivity (Wildman–Crippen MR) is 144 cm³/mol. The summed E-state index contributed by atoms with van der Waals surface area (Å²) in [5, 5.41) is 1.15. The van der Waals surface area contributed by atoms with Gasteiger partial charge in [-0.1, -0.05) is 92.1 Å². The standard InChI is InChI=1S/C23H32Cl3NO2Si.H4Si/c1-7-14-22(2,27)29-19-13-10-17(15-20(19)30(4,5)6)21(23(24,25)26)16-8-11-18(28-3)12-9-16;/h8-13,15,21H,7,14,27H2,1-6H3;1H4. The van der Waals surface area contributed by atoms with Crippen LogP contribution in [-0.2, 0) is 0 Å². The molecule has 2 atom stereocenters. The predicted octanol–water partition coefficient (Wildman–Crippen LogP) is 5.14. The summed E-state index contributed by atoms with van der Waals surface area (Å²) < 4.78 is 10.0. The van der Waals surface area contributed by atoms with E-state index in [0.29, 0.717) is 0 Å². The van der Waals surface area contributed by atoms with Gasteiger partial charge in [-0.05, 0) is 52.4 Å². The Morgan fingerprint density at radius 1 is 1.00 bits per heavy atom. The summed E-state index contributed by atoms with van der Waals surface area (Å²) in [7, 11) is -0.153. The van der Waals surface area contributed by atoms with E-state index >= 15 is 0 Å². The molecule has 0 radical (unpaired) electrons. The monoisotopic (exact) mass is 519 g/mol. The third-order valence-corrected chi connectivity index (χ3v) is 7.67. The molecular weight excluding hydrogens is 485 g/mol. The molecular formula is C23H36Cl3NO2Si2. The highest BCUT2D eigenvalue weighted by atomic mass is 35.6. The SMILES string of the molecule is CCCC(C)(N)Oc1ccc(C(c2ccc(OC)cc2)C(Cl)(Cl)Cl)cc1[Si](C)(C)C.[SiH4]. The molecule has 0 spiro atoms. The fourth-order valence-electron chi connectivity index (χ4n) is 3.57. The molecule has 0 aromatic heterocycles. The Morgan fingerprint density at radius 3 is 2.00 bits per heavy atom. The highest BCUT2D eigenvalue weighted by Gasteiger charge is 2.37.